The van der Waals surface area contributed by atoms with Crippen LogP contribution in [0.4, 0.5) is 0 Å². The first-order valence-corrected chi connectivity index (χ1v) is 5.14. The summed E-state index contributed by atoms with van der Waals surface area (Å²) in [6.45, 7) is 0.493. The predicted octanol–water partition coefficient (Wildman–Crippen LogP) is -0.253. The van der Waals surface area contributed by atoms with Crippen molar-refractivity contribution in [2.45, 2.75) is 18.6 Å². The summed E-state index contributed by atoms with van der Waals surface area (Å²) in [5, 5.41) is 17.6. The number of methoxy groups -OCH3 is 1. The van der Waals surface area contributed by atoms with Gasteiger partial charge in [-0.15, -0.1) is 0 Å². The van der Waals surface area contributed by atoms with Crippen LogP contribution in [0.1, 0.15) is 6.92 Å². The Kier molecular flexibility index (Phi) is 6.79. The normalized spacial score (nSPS) is 16.2. The highest BCUT2D eigenvalue weighted by Crippen LogP contribution is 2.16. The molecule has 2 atom stereocenters. The average Bonchev–Trinajstić information content (AvgIpc) is 2.28. The van der Waals surface area contributed by atoms with E-state index >= 15 is 0 Å². The standard InChI is InChI=1S/C8H13IO7/c1-8(6(11)12,7(13)16-9)15-4-5(3-10)14-2/h5,10H,3-4H2,1-2H3,(H,11,12). The number of carbonyl (C=O) groups excluding carboxylic acids is 1. The summed E-state index contributed by atoms with van der Waals surface area (Å²) < 4.78 is 14.0. The molecule has 0 rings (SSSR count). The van der Waals surface area contributed by atoms with Gasteiger partial charge in [-0.05, 0) is 6.92 Å². The summed E-state index contributed by atoms with van der Waals surface area (Å²) in [4.78, 5) is 22.1. The molecule has 0 aliphatic heterocycles. The van der Waals surface area contributed by atoms with Crippen LogP contribution in [0, 0.1) is 0 Å². The Bertz CT molecular complexity index is 253. The fourth-order valence-electron chi connectivity index (χ4n) is 0.736. The van der Waals surface area contributed by atoms with Crippen LogP contribution in [0.5, 0.6) is 0 Å². The monoisotopic (exact) mass is 348 g/mol. The molecule has 2 N–H and O–H groups in total. The van der Waals surface area contributed by atoms with Crippen LogP contribution in [0.25, 0.3) is 0 Å². The van der Waals surface area contributed by atoms with Gasteiger partial charge in [0.25, 0.3) is 5.60 Å². The van der Waals surface area contributed by atoms with E-state index in [0.717, 1.165) is 6.92 Å². The Morgan fingerprint density at radius 3 is 2.38 bits per heavy atom. The predicted molar refractivity (Wildman–Crippen MR) is 60.0 cm³/mol. The molecule has 0 aromatic carbocycles. The van der Waals surface area contributed by atoms with Gasteiger partial charge >= 0.3 is 11.9 Å². The molecule has 0 aromatic heterocycles. The number of hydrogen-bond donors (Lipinski definition) is 2. The molecule has 0 saturated carbocycles. The van der Waals surface area contributed by atoms with Gasteiger partial charge in [0.05, 0.1) is 13.2 Å². The number of carboxylic acid groups (broad SMARTS) is 1. The van der Waals surface area contributed by atoms with Crippen LogP contribution >= 0.6 is 23.0 Å². The minimum atomic E-state index is -2.10. The zero-order valence-corrected chi connectivity index (χ0v) is 11.0. The Balaban J connectivity index is 4.57. The molecular formula is C8H13IO7. The second-order valence-corrected chi connectivity index (χ2v) is 3.49. The quantitative estimate of drug-likeness (QED) is 0.483. The van der Waals surface area contributed by atoms with Crippen molar-refractivity contribution in [3.63, 3.8) is 0 Å². The average molecular weight is 348 g/mol. The van der Waals surface area contributed by atoms with Crippen molar-refractivity contribution in [1.29, 1.82) is 0 Å². The molecule has 0 bridgehead atoms. The number of aliphatic hydroxyl groups excluding tert-OH is 1. The van der Waals surface area contributed by atoms with Crippen LogP contribution in [-0.4, -0.2) is 54.2 Å². The van der Waals surface area contributed by atoms with E-state index in [2.05, 4.69) is 3.07 Å². The van der Waals surface area contributed by atoms with Crippen molar-refractivity contribution < 1.29 is 32.3 Å². The fraction of sp³-hybridized carbons (Fsp3) is 0.750. The molecule has 0 fully saturated rings. The summed E-state index contributed by atoms with van der Waals surface area (Å²) in [5.41, 5.74) is -2.10. The van der Waals surface area contributed by atoms with Crippen molar-refractivity contribution in [3.8, 4) is 0 Å². The van der Waals surface area contributed by atoms with Crippen LogP contribution in [-0.2, 0) is 22.1 Å². The SMILES string of the molecule is COC(CO)COC(C)(C(=O)O)C(=O)OI. The molecule has 0 saturated heterocycles. The van der Waals surface area contributed by atoms with Crippen LogP contribution in [0.15, 0.2) is 0 Å². The van der Waals surface area contributed by atoms with Crippen LogP contribution < -0.4 is 0 Å². The molecule has 0 amide bonds. The summed E-state index contributed by atoms with van der Waals surface area (Å²) in [7, 11) is 1.33. The summed E-state index contributed by atoms with van der Waals surface area (Å²) in [5.74, 6) is -2.50. The van der Waals surface area contributed by atoms with E-state index in [1.54, 1.807) is 0 Å². The van der Waals surface area contributed by atoms with Gasteiger partial charge in [-0.3, -0.25) is 0 Å². The number of carbonyl (C=O) groups is 2. The molecule has 0 spiro atoms. The first kappa shape index (κ1) is 15.6. The third kappa shape index (κ3) is 3.85. The molecule has 7 nitrogen and oxygen atoms in total. The van der Waals surface area contributed by atoms with Gasteiger partial charge in [-0.1, -0.05) is 0 Å². The molecule has 2 unspecified atom stereocenters. The lowest BCUT2D eigenvalue weighted by Gasteiger charge is -2.23. The van der Waals surface area contributed by atoms with Crippen molar-refractivity contribution >= 4 is 34.9 Å². The third-order valence-electron chi connectivity index (χ3n) is 1.96. The second kappa shape index (κ2) is 6.99. The Morgan fingerprint density at radius 1 is 1.50 bits per heavy atom. The highest BCUT2D eigenvalue weighted by atomic mass is 127. The van der Waals surface area contributed by atoms with Gasteiger partial charge in [0.15, 0.2) is 23.0 Å². The molecule has 0 aliphatic carbocycles. The number of halogens is 1. The van der Waals surface area contributed by atoms with E-state index in [9.17, 15) is 9.59 Å². The molecule has 0 aliphatic rings. The van der Waals surface area contributed by atoms with Crippen LogP contribution in [0.3, 0.4) is 0 Å². The van der Waals surface area contributed by atoms with E-state index in [1.165, 1.54) is 30.1 Å². The van der Waals surface area contributed by atoms with E-state index in [-0.39, 0.29) is 13.2 Å². The first-order chi connectivity index (χ1) is 7.42. The lowest BCUT2D eigenvalue weighted by atomic mass is 10.1. The smallest absolute Gasteiger partial charge is 0.359 e. The molecule has 94 valence electrons. The van der Waals surface area contributed by atoms with E-state index in [4.69, 9.17) is 19.7 Å². The zero-order chi connectivity index (χ0) is 12.8. The van der Waals surface area contributed by atoms with E-state index < -0.39 is 23.6 Å². The molecule has 8 heteroatoms. The maximum atomic E-state index is 11.2. The molecular weight excluding hydrogens is 335 g/mol. The Morgan fingerprint density at radius 2 is 2.06 bits per heavy atom. The second-order valence-electron chi connectivity index (χ2n) is 3.05. The maximum absolute atomic E-state index is 11.2. The van der Waals surface area contributed by atoms with Crippen molar-refractivity contribution in [1.82, 2.24) is 0 Å². The number of hydrogen-bond acceptors (Lipinski definition) is 6. The van der Waals surface area contributed by atoms with Gasteiger partial charge in [0.1, 0.15) is 6.10 Å². The van der Waals surface area contributed by atoms with Crippen molar-refractivity contribution in [3.05, 3.63) is 0 Å². The van der Waals surface area contributed by atoms with Gasteiger partial charge in [0.2, 0.25) is 0 Å². The number of carboxylic acids is 1. The van der Waals surface area contributed by atoms with Crippen molar-refractivity contribution in [2.24, 2.45) is 0 Å². The summed E-state index contributed by atoms with van der Waals surface area (Å²) in [6.07, 6.45) is -0.694. The molecule has 0 aromatic rings. The maximum Gasteiger partial charge on any atom is 0.359 e. The van der Waals surface area contributed by atoms with Gasteiger partial charge < -0.3 is 22.8 Å². The lowest BCUT2D eigenvalue weighted by molar-refractivity contribution is -0.181. The van der Waals surface area contributed by atoms with Gasteiger partial charge in [-0.2, -0.15) is 0 Å². The Hall–Kier alpha value is -0.450. The number of rotatable bonds is 7. The van der Waals surface area contributed by atoms with Gasteiger partial charge in [-0.25, -0.2) is 9.59 Å². The number of aliphatic hydroxyl groups is 1. The van der Waals surface area contributed by atoms with Crippen LogP contribution in [0.2, 0.25) is 0 Å². The largest absolute Gasteiger partial charge is 0.479 e. The topological polar surface area (TPSA) is 102 Å². The highest BCUT2D eigenvalue weighted by molar-refractivity contribution is 14.1. The summed E-state index contributed by atoms with van der Waals surface area (Å²) in [6, 6.07) is 0. The highest BCUT2D eigenvalue weighted by Gasteiger charge is 2.45. The molecule has 0 heterocycles. The van der Waals surface area contributed by atoms with Crippen molar-refractivity contribution in [2.75, 3.05) is 20.3 Å². The minimum Gasteiger partial charge on any atom is -0.479 e. The van der Waals surface area contributed by atoms with E-state index in [0.29, 0.717) is 0 Å². The molecule has 0 radical (unpaired) electrons. The number of ether oxygens (including phenoxy) is 2. The minimum absolute atomic E-state index is 0.235. The lowest BCUT2D eigenvalue weighted by Crippen LogP contribution is -2.48. The van der Waals surface area contributed by atoms with Gasteiger partial charge in [0, 0.05) is 7.11 Å². The fourth-order valence-corrected chi connectivity index (χ4v) is 1.16. The summed E-state index contributed by atoms with van der Waals surface area (Å²) >= 11 is 1.27. The first-order valence-electron chi connectivity index (χ1n) is 4.26. The third-order valence-corrected chi connectivity index (χ3v) is 2.36. The number of aliphatic carboxylic acids is 1. The Labute approximate surface area is 106 Å². The van der Waals surface area contributed by atoms with E-state index in [1.807, 2.05) is 0 Å². The zero-order valence-electron chi connectivity index (χ0n) is 8.81. The molecule has 16 heavy (non-hydrogen) atoms.